The van der Waals surface area contributed by atoms with Gasteiger partial charge in [0.25, 0.3) is 5.91 Å². The van der Waals surface area contributed by atoms with Crippen molar-refractivity contribution in [1.82, 2.24) is 4.90 Å². The van der Waals surface area contributed by atoms with Gasteiger partial charge in [-0.2, -0.15) is 4.99 Å². The molecule has 0 heterocycles. The molecule has 0 saturated heterocycles. The zero-order valence-electron chi connectivity index (χ0n) is 7.33. The average Bonchev–Trinajstić information content (AvgIpc) is 1.87. The number of aliphatic hydroxyl groups excluding tert-OH is 1. The summed E-state index contributed by atoms with van der Waals surface area (Å²) in [6.07, 6.45) is -1.01. The Morgan fingerprint density at radius 2 is 2.00 bits per heavy atom. The van der Waals surface area contributed by atoms with Gasteiger partial charge in [0.2, 0.25) is 0 Å². The summed E-state index contributed by atoms with van der Waals surface area (Å²) in [6, 6.07) is 0. The van der Waals surface area contributed by atoms with Gasteiger partial charge in [-0.05, 0) is 13.8 Å². The summed E-state index contributed by atoms with van der Waals surface area (Å²) < 4.78 is 0. The third kappa shape index (κ3) is 3.72. The first kappa shape index (κ1) is 10.1. The first-order valence-corrected chi connectivity index (χ1v) is 3.39. The maximum absolute atomic E-state index is 10.8. The molecule has 11 heavy (non-hydrogen) atoms. The highest BCUT2D eigenvalue weighted by molar-refractivity contribution is 5.94. The van der Waals surface area contributed by atoms with Crippen molar-refractivity contribution in [1.29, 1.82) is 0 Å². The number of rotatable bonds is 1. The summed E-state index contributed by atoms with van der Waals surface area (Å²) in [5.74, 6) is 0.0899. The van der Waals surface area contributed by atoms with E-state index in [9.17, 15) is 4.79 Å². The van der Waals surface area contributed by atoms with E-state index in [4.69, 9.17) is 5.11 Å². The molecule has 0 aliphatic heterocycles. The van der Waals surface area contributed by atoms with Crippen LogP contribution < -0.4 is 0 Å². The molecular formula is C7H14N2O2. The predicted molar refractivity (Wildman–Crippen MR) is 43.5 cm³/mol. The molecular weight excluding hydrogens is 144 g/mol. The number of aliphatic hydroxyl groups is 1. The van der Waals surface area contributed by atoms with Crippen LogP contribution >= 0.6 is 0 Å². The number of aliphatic imine (C=N–C) groups is 1. The highest BCUT2D eigenvalue weighted by Gasteiger charge is 2.07. The van der Waals surface area contributed by atoms with Gasteiger partial charge in [-0.25, -0.2) is 0 Å². The fourth-order valence-electron chi connectivity index (χ4n) is 0.353. The van der Waals surface area contributed by atoms with Crippen LogP contribution in [0.25, 0.3) is 0 Å². The van der Waals surface area contributed by atoms with Crippen LogP contribution in [-0.4, -0.2) is 41.9 Å². The minimum Gasteiger partial charge on any atom is -0.383 e. The zero-order valence-corrected chi connectivity index (χ0v) is 7.33. The van der Waals surface area contributed by atoms with Gasteiger partial charge in [-0.15, -0.1) is 0 Å². The van der Waals surface area contributed by atoms with Crippen molar-refractivity contribution >= 4 is 11.7 Å². The smallest absolute Gasteiger partial charge is 0.275 e. The second-order valence-electron chi connectivity index (χ2n) is 2.57. The van der Waals surface area contributed by atoms with Crippen LogP contribution in [0.2, 0.25) is 0 Å². The summed E-state index contributed by atoms with van der Waals surface area (Å²) in [6.45, 7) is 3.11. The average molecular weight is 158 g/mol. The second-order valence-corrected chi connectivity index (χ2v) is 2.57. The molecule has 0 aliphatic carbocycles. The van der Waals surface area contributed by atoms with Crippen molar-refractivity contribution in [3.05, 3.63) is 0 Å². The highest BCUT2D eigenvalue weighted by Crippen LogP contribution is 1.89. The summed E-state index contributed by atoms with van der Waals surface area (Å²) >= 11 is 0. The lowest BCUT2D eigenvalue weighted by molar-refractivity contribution is -0.124. The Morgan fingerprint density at radius 1 is 1.55 bits per heavy atom. The number of carbonyl (C=O) groups is 1. The number of hydrogen-bond acceptors (Lipinski definition) is 2. The number of hydrogen-bond donors (Lipinski definition) is 1. The van der Waals surface area contributed by atoms with Gasteiger partial charge >= 0.3 is 0 Å². The van der Waals surface area contributed by atoms with E-state index in [2.05, 4.69) is 4.99 Å². The Morgan fingerprint density at radius 3 is 2.27 bits per heavy atom. The second kappa shape index (κ2) is 4.08. The first-order valence-electron chi connectivity index (χ1n) is 3.39. The first-order chi connectivity index (χ1) is 4.95. The van der Waals surface area contributed by atoms with E-state index >= 15 is 0 Å². The predicted octanol–water partition coefficient (Wildman–Crippen LogP) is -0.126. The molecule has 0 aromatic carbocycles. The van der Waals surface area contributed by atoms with Crippen molar-refractivity contribution in [2.24, 2.45) is 4.99 Å². The molecule has 1 atom stereocenters. The molecule has 0 spiro atoms. The Labute approximate surface area is 66.5 Å². The van der Waals surface area contributed by atoms with E-state index in [-0.39, 0.29) is 0 Å². The maximum atomic E-state index is 10.8. The van der Waals surface area contributed by atoms with Crippen LogP contribution in [0.3, 0.4) is 0 Å². The van der Waals surface area contributed by atoms with Gasteiger partial charge in [-0.1, -0.05) is 0 Å². The van der Waals surface area contributed by atoms with E-state index < -0.39 is 12.0 Å². The van der Waals surface area contributed by atoms with Gasteiger partial charge < -0.3 is 10.0 Å². The van der Waals surface area contributed by atoms with Crippen LogP contribution in [0.4, 0.5) is 0 Å². The molecule has 0 aromatic rings. The molecule has 0 aromatic heterocycles. The molecule has 1 amide bonds. The third-order valence-corrected chi connectivity index (χ3v) is 1.28. The lowest BCUT2D eigenvalue weighted by Crippen LogP contribution is -2.23. The van der Waals surface area contributed by atoms with Crippen LogP contribution in [0.15, 0.2) is 4.99 Å². The van der Waals surface area contributed by atoms with Gasteiger partial charge in [-0.3, -0.25) is 4.79 Å². The van der Waals surface area contributed by atoms with Crippen LogP contribution in [0.1, 0.15) is 13.8 Å². The normalized spacial score (nSPS) is 14.5. The topological polar surface area (TPSA) is 52.9 Å². The molecule has 1 N–H and O–H groups in total. The van der Waals surface area contributed by atoms with Crippen molar-refractivity contribution < 1.29 is 9.90 Å². The lowest BCUT2D eigenvalue weighted by atomic mass is 10.4. The van der Waals surface area contributed by atoms with Gasteiger partial charge in [0, 0.05) is 14.1 Å². The van der Waals surface area contributed by atoms with Gasteiger partial charge in [0.15, 0.2) is 0 Å². The minimum atomic E-state index is -1.01. The monoisotopic (exact) mass is 158 g/mol. The third-order valence-electron chi connectivity index (χ3n) is 1.28. The van der Waals surface area contributed by atoms with Gasteiger partial charge in [0.1, 0.15) is 11.9 Å². The Balaban J connectivity index is 4.20. The summed E-state index contributed by atoms with van der Waals surface area (Å²) in [5, 5.41) is 8.78. The van der Waals surface area contributed by atoms with E-state index in [0.717, 1.165) is 0 Å². The maximum Gasteiger partial charge on any atom is 0.275 e. The highest BCUT2D eigenvalue weighted by atomic mass is 16.3. The van der Waals surface area contributed by atoms with Crippen LogP contribution in [0, 0.1) is 0 Å². The molecule has 0 rings (SSSR count). The molecule has 0 bridgehead atoms. The Kier molecular flexibility index (Phi) is 3.74. The van der Waals surface area contributed by atoms with E-state index in [1.165, 1.54) is 6.92 Å². The Hall–Kier alpha value is -0.900. The van der Waals surface area contributed by atoms with E-state index in [1.807, 2.05) is 0 Å². The van der Waals surface area contributed by atoms with Crippen molar-refractivity contribution in [2.75, 3.05) is 14.1 Å². The summed E-state index contributed by atoms with van der Waals surface area (Å²) in [4.78, 5) is 16.1. The Bertz CT molecular complexity index is 173. The van der Waals surface area contributed by atoms with E-state index in [1.54, 1.807) is 25.9 Å². The van der Waals surface area contributed by atoms with Crippen molar-refractivity contribution in [3.63, 3.8) is 0 Å². The quantitative estimate of drug-likeness (QED) is 0.427. The largest absolute Gasteiger partial charge is 0.383 e. The van der Waals surface area contributed by atoms with E-state index in [0.29, 0.717) is 5.84 Å². The fraction of sp³-hybridized carbons (Fsp3) is 0.714. The van der Waals surface area contributed by atoms with Crippen LogP contribution in [-0.2, 0) is 4.79 Å². The van der Waals surface area contributed by atoms with Gasteiger partial charge in [0.05, 0.1) is 0 Å². The summed E-state index contributed by atoms with van der Waals surface area (Å²) in [7, 11) is 3.57. The molecule has 0 aliphatic rings. The molecule has 4 nitrogen and oxygen atoms in total. The molecule has 64 valence electrons. The van der Waals surface area contributed by atoms with Crippen LogP contribution in [0.5, 0.6) is 0 Å². The molecule has 0 saturated carbocycles. The molecule has 0 radical (unpaired) electrons. The number of amides is 1. The standard InChI is InChI=1S/C7H14N2O2/c1-5(10)7(11)8-6(2)9(3)4/h5,10H,1-4H3/b8-6+/t5-/m1/s1. The number of amidine groups is 1. The molecule has 4 heteroatoms. The number of carbonyl (C=O) groups excluding carboxylic acids is 1. The van der Waals surface area contributed by atoms with Crippen molar-refractivity contribution in [2.45, 2.75) is 20.0 Å². The SMILES string of the molecule is C/C(=N\C(=O)[C@@H](C)O)N(C)C. The fourth-order valence-corrected chi connectivity index (χ4v) is 0.353. The number of nitrogens with zero attached hydrogens (tertiary/aromatic N) is 2. The molecule has 0 unspecified atom stereocenters. The zero-order chi connectivity index (χ0) is 9.02. The lowest BCUT2D eigenvalue weighted by Gasteiger charge is -2.10. The minimum absolute atomic E-state index is 0.504. The van der Waals surface area contributed by atoms with Crippen molar-refractivity contribution in [3.8, 4) is 0 Å². The summed E-state index contributed by atoms with van der Waals surface area (Å²) in [5.41, 5.74) is 0. The molecule has 0 fully saturated rings.